The number of ether oxygens (including phenoxy) is 1. The van der Waals surface area contributed by atoms with Crippen molar-refractivity contribution in [2.45, 2.75) is 37.3 Å². The van der Waals surface area contributed by atoms with Gasteiger partial charge in [-0.2, -0.15) is 0 Å². The molecule has 8 nitrogen and oxygen atoms in total. The molecule has 0 atom stereocenters. The molecule has 0 N–H and O–H groups in total. The lowest BCUT2D eigenvalue weighted by molar-refractivity contribution is -0.130. The lowest BCUT2D eigenvalue weighted by Crippen LogP contribution is -2.49. The summed E-state index contributed by atoms with van der Waals surface area (Å²) >= 11 is 0. The fourth-order valence-corrected chi connectivity index (χ4v) is 5.14. The molecule has 1 fully saturated rings. The molecule has 0 saturated carbocycles. The average Bonchev–Trinajstić information content (AvgIpc) is 2.90. The summed E-state index contributed by atoms with van der Waals surface area (Å²) in [4.78, 5) is 17.1. The minimum absolute atomic E-state index is 0.0334. The summed E-state index contributed by atoms with van der Waals surface area (Å²) in [7, 11) is -3.31. The Hall–Kier alpha value is -3.46. The van der Waals surface area contributed by atoms with Gasteiger partial charge < -0.3 is 14.5 Å². The van der Waals surface area contributed by atoms with E-state index in [1.807, 2.05) is 48.2 Å². The van der Waals surface area contributed by atoms with Crippen LogP contribution in [0.25, 0.3) is 11.3 Å². The fraction of sp³-hybridized carbons (Fsp3) is 0.370. The van der Waals surface area contributed by atoms with Gasteiger partial charge in [0.05, 0.1) is 28.9 Å². The summed E-state index contributed by atoms with van der Waals surface area (Å²) in [5.41, 5.74) is 2.58. The van der Waals surface area contributed by atoms with Gasteiger partial charge in [0, 0.05) is 31.7 Å². The maximum absolute atomic E-state index is 12.8. The highest BCUT2D eigenvalue weighted by molar-refractivity contribution is 7.92. The number of aromatic nitrogens is 2. The van der Waals surface area contributed by atoms with E-state index in [2.05, 4.69) is 15.1 Å². The van der Waals surface area contributed by atoms with Crippen LogP contribution in [0.15, 0.2) is 65.6 Å². The maximum atomic E-state index is 12.8. The standard InChI is InChI=1S/C27H32N4O4S/c1-4-35-23-9-7-22(8-10-23)25-13-14-26(29-28-25)30-15-17-31(18-16-30)27(32)19-21-5-11-24(12-6-21)36(33,34)20(2)3/h5-14,20H,4,15-19H2,1-3H3. The van der Waals surface area contributed by atoms with Gasteiger partial charge in [0.25, 0.3) is 0 Å². The van der Waals surface area contributed by atoms with Crippen LogP contribution in [0.3, 0.4) is 0 Å². The topological polar surface area (TPSA) is 92.7 Å². The van der Waals surface area contributed by atoms with Gasteiger partial charge in [-0.15, -0.1) is 10.2 Å². The Morgan fingerprint density at radius 2 is 1.58 bits per heavy atom. The molecule has 2 heterocycles. The second kappa shape index (κ2) is 11.1. The molecular weight excluding hydrogens is 476 g/mol. The van der Waals surface area contributed by atoms with Crippen molar-refractivity contribution < 1.29 is 17.9 Å². The van der Waals surface area contributed by atoms with Crippen LogP contribution in [0.1, 0.15) is 26.3 Å². The highest BCUT2D eigenvalue weighted by atomic mass is 32.2. The first-order valence-corrected chi connectivity index (χ1v) is 13.7. The molecular formula is C27H32N4O4S. The van der Waals surface area contributed by atoms with Crippen LogP contribution in [0, 0.1) is 0 Å². The lowest BCUT2D eigenvalue weighted by atomic mass is 10.1. The van der Waals surface area contributed by atoms with Crippen LogP contribution in [0.5, 0.6) is 5.75 Å². The third-order valence-electron chi connectivity index (χ3n) is 6.30. The van der Waals surface area contributed by atoms with Gasteiger partial charge >= 0.3 is 0 Å². The van der Waals surface area contributed by atoms with E-state index in [4.69, 9.17) is 4.74 Å². The van der Waals surface area contributed by atoms with Crippen molar-refractivity contribution in [1.29, 1.82) is 0 Å². The Labute approximate surface area is 212 Å². The number of amides is 1. The molecule has 0 radical (unpaired) electrons. The number of carbonyl (C=O) groups excluding carboxylic acids is 1. The van der Waals surface area contributed by atoms with E-state index >= 15 is 0 Å². The van der Waals surface area contributed by atoms with Gasteiger partial charge in [-0.3, -0.25) is 4.79 Å². The Morgan fingerprint density at radius 1 is 0.917 bits per heavy atom. The summed E-state index contributed by atoms with van der Waals surface area (Å²) in [6, 6.07) is 18.3. The van der Waals surface area contributed by atoms with E-state index in [0.717, 1.165) is 28.4 Å². The largest absolute Gasteiger partial charge is 0.494 e. The quantitative estimate of drug-likeness (QED) is 0.459. The Balaban J connectivity index is 1.30. The van der Waals surface area contributed by atoms with Crippen molar-refractivity contribution in [1.82, 2.24) is 15.1 Å². The first-order valence-electron chi connectivity index (χ1n) is 12.2. The molecule has 0 aliphatic carbocycles. The predicted octanol–water partition coefficient (Wildman–Crippen LogP) is 3.62. The van der Waals surface area contributed by atoms with Gasteiger partial charge in [-0.25, -0.2) is 8.42 Å². The van der Waals surface area contributed by atoms with E-state index in [1.165, 1.54) is 0 Å². The van der Waals surface area contributed by atoms with Crippen molar-refractivity contribution in [2.75, 3.05) is 37.7 Å². The predicted molar refractivity (Wildman–Crippen MR) is 140 cm³/mol. The number of anilines is 1. The number of sulfone groups is 1. The van der Waals surface area contributed by atoms with Crippen LogP contribution in [0.4, 0.5) is 5.82 Å². The van der Waals surface area contributed by atoms with Crippen LogP contribution >= 0.6 is 0 Å². The third-order valence-corrected chi connectivity index (χ3v) is 8.47. The number of benzene rings is 2. The molecule has 190 valence electrons. The van der Waals surface area contributed by atoms with E-state index in [-0.39, 0.29) is 17.2 Å². The zero-order valence-electron chi connectivity index (χ0n) is 20.9. The molecule has 9 heteroatoms. The molecule has 2 aromatic carbocycles. The Morgan fingerprint density at radius 3 is 2.14 bits per heavy atom. The van der Waals surface area contributed by atoms with Gasteiger partial charge in [-0.1, -0.05) is 12.1 Å². The molecule has 0 bridgehead atoms. The summed E-state index contributed by atoms with van der Waals surface area (Å²) in [6.07, 6.45) is 0.249. The molecule has 1 aromatic heterocycles. The van der Waals surface area contributed by atoms with Gasteiger partial charge in [-0.05, 0) is 74.9 Å². The summed E-state index contributed by atoms with van der Waals surface area (Å²) in [6.45, 7) is 8.45. The van der Waals surface area contributed by atoms with Gasteiger partial charge in [0.2, 0.25) is 5.91 Å². The van der Waals surface area contributed by atoms with E-state index in [1.54, 1.807) is 38.1 Å². The maximum Gasteiger partial charge on any atom is 0.227 e. The number of carbonyl (C=O) groups is 1. The number of piperazine rings is 1. The molecule has 1 saturated heterocycles. The second-order valence-electron chi connectivity index (χ2n) is 9.02. The first kappa shape index (κ1) is 25.6. The Bertz CT molecular complexity index is 1270. The number of nitrogens with zero attached hydrogens (tertiary/aromatic N) is 4. The van der Waals surface area contributed by atoms with Crippen LogP contribution < -0.4 is 9.64 Å². The highest BCUT2D eigenvalue weighted by Gasteiger charge is 2.23. The van der Waals surface area contributed by atoms with Crippen molar-refractivity contribution in [2.24, 2.45) is 0 Å². The molecule has 36 heavy (non-hydrogen) atoms. The smallest absolute Gasteiger partial charge is 0.227 e. The van der Waals surface area contributed by atoms with E-state index in [9.17, 15) is 13.2 Å². The van der Waals surface area contributed by atoms with Crippen molar-refractivity contribution in [3.8, 4) is 17.0 Å². The summed E-state index contributed by atoms with van der Waals surface area (Å²) in [5, 5.41) is 8.32. The fourth-order valence-electron chi connectivity index (χ4n) is 4.08. The molecule has 1 aliphatic heterocycles. The highest BCUT2D eigenvalue weighted by Crippen LogP contribution is 2.22. The average molecular weight is 509 g/mol. The van der Waals surface area contributed by atoms with Crippen molar-refractivity contribution in [3.05, 3.63) is 66.2 Å². The summed E-state index contributed by atoms with van der Waals surface area (Å²) in [5.74, 6) is 1.65. The Kier molecular flexibility index (Phi) is 7.88. The molecule has 1 amide bonds. The van der Waals surface area contributed by atoms with Crippen molar-refractivity contribution in [3.63, 3.8) is 0 Å². The number of hydrogen-bond acceptors (Lipinski definition) is 7. The molecule has 0 unspecified atom stereocenters. The molecule has 4 rings (SSSR count). The number of hydrogen-bond donors (Lipinski definition) is 0. The monoisotopic (exact) mass is 508 g/mol. The SMILES string of the molecule is CCOc1ccc(-c2ccc(N3CCN(C(=O)Cc4ccc(S(=O)(=O)C(C)C)cc4)CC3)nn2)cc1. The summed E-state index contributed by atoms with van der Waals surface area (Å²) < 4.78 is 30.1. The molecule has 0 spiro atoms. The van der Waals surface area contributed by atoms with Crippen LogP contribution in [-0.2, 0) is 21.1 Å². The minimum atomic E-state index is -3.31. The van der Waals surface area contributed by atoms with Crippen LogP contribution in [0.2, 0.25) is 0 Å². The molecule has 3 aromatic rings. The lowest BCUT2D eigenvalue weighted by Gasteiger charge is -2.35. The molecule has 1 aliphatic rings. The van der Waals surface area contributed by atoms with E-state index < -0.39 is 15.1 Å². The minimum Gasteiger partial charge on any atom is -0.494 e. The van der Waals surface area contributed by atoms with Crippen LogP contribution in [-0.4, -0.2) is 67.5 Å². The van der Waals surface area contributed by atoms with Crippen molar-refractivity contribution >= 4 is 21.6 Å². The number of rotatable bonds is 8. The normalized spacial score (nSPS) is 14.2. The van der Waals surface area contributed by atoms with Gasteiger partial charge in [0.1, 0.15) is 5.75 Å². The second-order valence-corrected chi connectivity index (χ2v) is 11.5. The third kappa shape index (κ3) is 5.84. The van der Waals surface area contributed by atoms with E-state index in [0.29, 0.717) is 32.8 Å². The van der Waals surface area contributed by atoms with Gasteiger partial charge in [0.15, 0.2) is 15.7 Å². The zero-order chi connectivity index (χ0) is 25.7. The first-order chi connectivity index (χ1) is 17.3. The zero-order valence-corrected chi connectivity index (χ0v) is 21.7.